The first kappa shape index (κ1) is 14.8. The van der Waals surface area contributed by atoms with Crippen molar-refractivity contribution >= 4 is 17.2 Å². The average Bonchev–Trinajstić information content (AvgIpc) is 2.94. The first-order chi connectivity index (χ1) is 10.4. The third kappa shape index (κ3) is 3.06. The molecule has 3 rings (SSSR count). The van der Waals surface area contributed by atoms with Crippen LogP contribution < -0.4 is 4.74 Å². The molecule has 0 saturated carbocycles. The molecule has 0 N–H and O–H groups in total. The zero-order chi connectivity index (χ0) is 15.7. The number of thiazole rings is 1. The molecule has 1 aromatic heterocycles. The highest BCUT2D eigenvalue weighted by molar-refractivity contribution is 7.11. The van der Waals surface area contributed by atoms with Gasteiger partial charge in [-0.15, -0.1) is 0 Å². The fourth-order valence-electron chi connectivity index (χ4n) is 2.07. The van der Waals surface area contributed by atoms with Crippen molar-refractivity contribution in [2.45, 2.75) is 12.3 Å². The Balaban J connectivity index is 1.57. The van der Waals surface area contributed by atoms with E-state index in [1.54, 1.807) is 11.6 Å². The number of carbonyl (C=O) groups excluding carboxylic acids is 1. The monoisotopic (exact) mass is 328 g/mol. The fourth-order valence-corrected chi connectivity index (χ4v) is 2.63. The third-order valence-electron chi connectivity index (χ3n) is 3.27. The molecule has 2 aromatic rings. The third-order valence-corrected chi connectivity index (χ3v) is 3.93. The van der Waals surface area contributed by atoms with Gasteiger partial charge >= 0.3 is 6.18 Å². The van der Waals surface area contributed by atoms with Crippen LogP contribution in [0.15, 0.2) is 35.8 Å². The molecule has 0 spiro atoms. The number of hydrogen-bond acceptors (Lipinski definition) is 4. The quantitative estimate of drug-likeness (QED) is 0.870. The van der Waals surface area contributed by atoms with E-state index in [4.69, 9.17) is 4.74 Å². The molecule has 0 atom stereocenters. The van der Waals surface area contributed by atoms with Crippen molar-refractivity contribution < 1.29 is 22.7 Å². The van der Waals surface area contributed by atoms with Crippen LogP contribution in [0, 0.1) is 0 Å². The van der Waals surface area contributed by atoms with E-state index in [0.29, 0.717) is 18.3 Å². The number of amides is 1. The van der Waals surface area contributed by atoms with E-state index >= 15 is 0 Å². The average molecular weight is 328 g/mol. The van der Waals surface area contributed by atoms with E-state index in [1.807, 2.05) is 0 Å². The molecule has 4 nitrogen and oxygen atoms in total. The van der Waals surface area contributed by atoms with Gasteiger partial charge in [0, 0.05) is 17.1 Å². The molecule has 8 heteroatoms. The first-order valence-electron chi connectivity index (χ1n) is 6.46. The van der Waals surface area contributed by atoms with Crippen LogP contribution in [0.2, 0.25) is 0 Å². The molecule has 22 heavy (non-hydrogen) atoms. The van der Waals surface area contributed by atoms with E-state index in [2.05, 4.69) is 4.98 Å². The summed E-state index contributed by atoms with van der Waals surface area (Å²) >= 11 is 1.37. The van der Waals surface area contributed by atoms with E-state index in [0.717, 1.165) is 12.1 Å². The minimum absolute atomic E-state index is 0.121. The van der Waals surface area contributed by atoms with Crippen molar-refractivity contribution in [2.24, 2.45) is 0 Å². The normalized spacial score (nSPS) is 15.5. The number of ether oxygens (including phenoxy) is 1. The predicted octanol–water partition coefficient (Wildman–Crippen LogP) is 3.07. The van der Waals surface area contributed by atoms with Crippen LogP contribution in [-0.4, -0.2) is 35.0 Å². The summed E-state index contributed by atoms with van der Waals surface area (Å²) in [6.07, 6.45) is -2.89. The topological polar surface area (TPSA) is 42.4 Å². The van der Waals surface area contributed by atoms with Gasteiger partial charge in [-0.3, -0.25) is 4.79 Å². The van der Waals surface area contributed by atoms with Crippen molar-refractivity contribution in [2.75, 3.05) is 13.1 Å². The molecule has 2 heterocycles. The molecule has 116 valence electrons. The molecule has 0 unspecified atom stereocenters. The second-order valence-electron chi connectivity index (χ2n) is 4.82. The lowest BCUT2D eigenvalue weighted by molar-refractivity contribution is -0.137. The molecule has 0 aliphatic carbocycles. The Kier molecular flexibility index (Phi) is 3.78. The van der Waals surface area contributed by atoms with E-state index in [9.17, 15) is 18.0 Å². The molecule has 1 aromatic carbocycles. The Morgan fingerprint density at radius 1 is 1.27 bits per heavy atom. The molecule has 1 saturated heterocycles. The first-order valence-corrected chi connectivity index (χ1v) is 7.34. The Hall–Kier alpha value is -2.09. The Bertz CT molecular complexity index is 650. The number of likely N-dealkylation sites (tertiary alicyclic amines) is 1. The van der Waals surface area contributed by atoms with Gasteiger partial charge in [-0.05, 0) is 24.3 Å². The Morgan fingerprint density at radius 3 is 2.50 bits per heavy atom. The van der Waals surface area contributed by atoms with Gasteiger partial charge in [0.05, 0.1) is 18.7 Å². The maximum atomic E-state index is 12.5. The van der Waals surface area contributed by atoms with E-state index in [1.165, 1.54) is 28.4 Å². The van der Waals surface area contributed by atoms with Crippen molar-refractivity contribution in [1.29, 1.82) is 0 Å². The number of nitrogens with zero attached hydrogens (tertiary/aromatic N) is 2. The van der Waals surface area contributed by atoms with Gasteiger partial charge in [-0.25, -0.2) is 4.98 Å². The molecule has 0 bridgehead atoms. The van der Waals surface area contributed by atoms with Crippen molar-refractivity contribution in [3.8, 4) is 5.19 Å². The Morgan fingerprint density at radius 2 is 1.95 bits per heavy atom. The standard InChI is InChI=1S/C14H11F3N2O2S/c15-14(16,17)10-3-1-9(2-4-10)12(20)19-7-11(8-19)21-13-18-5-6-22-13/h1-6,11H,7-8H2. The number of benzene rings is 1. The molecule has 1 fully saturated rings. The molecule has 1 aliphatic heterocycles. The van der Waals surface area contributed by atoms with Crippen molar-refractivity contribution in [3.05, 3.63) is 47.0 Å². The fraction of sp³-hybridized carbons (Fsp3) is 0.286. The zero-order valence-electron chi connectivity index (χ0n) is 11.2. The summed E-state index contributed by atoms with van der Waals surface area (Å²) in [5.74, 6) is -0.298. The van der Waals surface area contributed by atoms with Gasteiger partial charge in [-0.1, -0.05) is 11.3 Å². The van der Waals surface area contributed by atoms with Gasteiger partial charge in [0.1, 0.15) is 6.10 Å². The summed E-state index contributed by atoms with van der Waals surface area (Å²) in [7, 11) is 0. The Labute approximate surface area is 128 Å². The number of hydrogen-bond donors (Lipinski definition) is 0. The molecular formula is C14H11F3N2O2S. The van der Waals surface area contributed by atoms with E-state index in [-0.39, 0.29) is 17.6 Å². The number of rotatable bonds is 3. The van der Waals surface area contributed by atoms with E-state index < -0.39 is 11.7 Å². The number of carbonyl (C=O) groups is 1. The minimum Gasteiger partial charge on any atom is -0.463 e. The summed E-state index contributed by atoms with van der Waals surface area (Å²) in [5, 5.41) is 2.34. The van der Waals surface area contributed by atoms with Gasteiger partial charge in [-0.2, -0.15) is 13.2 Å². The maximum absolute atomic E-state index is 12.5. The number of aromatic nitrogens is 1. The van der Waals surface area contributed by atoms with Crippen LogP contribution in [0.3, 0.4) is 0 Å². The van der Waals surface area contributed by atoms with Crippen molar-refractivity contribution in [1.82, 2.24) is 9.88 Å². The van der Waals surface area contributed by atoms with Crippen LogP contribution in [0.25, 0.3) is 0 Å². The van der Waals surface area contributed by atoms with Gasteiger partial charge in [0.25, 0.3) is 11.1 Å². The second kappa shape index (κ2) is 5.60. The second-order valence-corrected chi connectivity index (χ2v) is 5.68. The van der Waals surface area contributed by atoms with Crippen LogP contribution >= 0.6 is 11.3 Å². The highest BCUT2D eigenvalue weighted by atomic mass is 32.1. The van der Waals surface area contributed by atoms with Gasteiger partial charge in [0.2, 0.25) is 0 Å². The summed E-state index contributed by atoms with van der Waals surface area (Å²) in [6.45, 7) is 0.804. The van der Waals surface area contributed by atoms with Crippen LogP contribution in [-0.2, 0) is 6.18 Å². The lowest BCUT2D eigenvalue weighted by Crippen LogP contribution is -2.56. The number of halogens is 3. The van der Waals surface area contributed by atoms with Gasteiger partial charge in [0.15, 0.2) is 0 Å². The van der Waals surface area contributed by atoms with Crippen LogP contribution in [0.4, 0.5) is 13.2 Å². The molecular weight excluding hydrogens is 317 g/mol. The summed E-state index contributed by atoms with van der Waals surface area (Å²) < 4.78 is 42.9. The summed E-state index contributed by atoms with van der Waals surface area (Å²) in [6, 6.07) is 4.22. The van der Waals surface area contributed by atoms with Gasteiger partial charge < -0.3 is 9.64 Å². The summed E-state index contributed by atoms with van der Waals surface area (Å²) in [4.78, 5) is 17.6. The molecule has 1 aliphatic rings. The smallest absolute Gasteiger partial charge is 0.416 e. The predicted molar refractivity (Wildman–Crippen MR) is 73.9 cm³/mol. The van der Waals surface area contributed by atoms with Crippen molar-refractivity contribution in [3.63, 3.8) is 0 Å². The highest BCUT2D eigenvalue weighted by Gasteiger charge is 2.34. The van der Waals surface area contributed by atoms with Crippen LogP contribution in [0.5, 0.6) is 5.19 Å². The zero-order valence-corrected chi connectivity index (χ0v) is 12.0. The number of alkyl halides is 3. The SMILES string of the molecule is O=C(c1ccc(C(F)(F)F)cc1)N1CC(Oc2nccs2)C1. The summed E-state index contributed by atoms with van der Waals surface area (Å²) in [5.41, 5.74) is -0.529. The van der Waals surface area contributed by atoms with Crippen LogP contribution in [0.1, 0.15) is 15.9 Å². The molecule has 1 amide bonds. The lowest BCUT2D eigenvalue weighted by Gasteiger charge is -2.38. The molecule has 0 radical (unpaired) electrons. The minimum atomic E-state index is -4.40. The highest BCUT2D eigenvalue weighted by Crippen LogP contribution is 2.29. The lowest BCUT2D eigenvalue weighted by atomic mass is 10.1. The largest absolute Gasteiger partial charge is 0.463 e. The maximum Gasteiger partial charge on any atom is 0.416 e.